The van der Waals surface area contributed by atoms with Crippen LogP contribution in [0, 0.1) is 0 Å². The third-order valence-corrected chi connectivity index (χ3v) is 1.20. The van der Waals surface area contributed by atoms with Gasteiger partial charge >= 0.3 is 6.18 Å². The Labute approximate surface area is 73.4 Å². The van der Waals surface area contributed by atoms with Crippen molar-refractivity contribution in [2.24, 2.45) is 0 Å². The Morgan fingerprint density at radius 2 is 1.69 bits per heavy atom. The first-order valence-electron chi connectivity index (χ1n) is 3.54. The first kappa shape index (κ1) is 9.64. The van der Waals surface area contributed by atoms with Gasteiger partial charge in [-0.1, -0.05) is 18.2 Å². The molecule has 1 aromatic carbocycles. The molecule has 4 heteroatoms. The van der Waals surface area contributed by atoms with E-state index in [1.165, 1.54) is 0 Å². The van der Waals surface area contributed by atoms with Gasteiger partial charge in [0, 0.05) is 0 Å². The Hall–Kier alpha value is -1.45. The van der Waals surface area contributed by atoms with E-state index in [0.29, 0.717) is 12.0 Å². The lowest BCUT2D eigenvalue weighted by molar-refractivity contribution is -0.0809. The van der Waals surface area contributed by atoms with Gasteiger partial charge in [-0.15, -0.1) is 0 Å². The average Bonchev–Trinajstić information content (AvgIpc) is 2.04. The van der Waals surface area contributed by atoms with Crippen LogP contribution >= 0.6 is 0 Å². The fourth-order valence-electron chi connectivity index (χ4n) is 0.689. The highest BCUT2D eigenvalue weighted by atomic mass is 19.4. The van der Waals surface area contributed by atoms with E-state index < -0.39 is 6.18 Å². The lowest BCUT2D eigenvalue weighted by atomic mass is 10.3. The maximum Gasteiger partial charge on any atom is 0.412 e. The molecule has 0 aliphatic carbocycles. The predicted molar refractivity (Wildman–Crippen MR) is 42.3 cm³/mol. The van der Waals surface area contributed by atoms with Crippen LogP contribution in [-0.2, 0) is 0 Å². The fourth-order valence-corrected chi connectivity index (χ4v) is 0.689. The summed E-state index contributed by atoms with van der Waals surface area (Å²) >= 11 is 0. The Morgan fingerprint density at radius 1 is 1.08 bits per heavy atom. The fraction of sp³-hybridized carbons (Fsp3) is 0.111. The molecule has 70 valence electrons. The standard InChI is InChI=1S/C9H7F3O/c10-9(11,12)6-7-13-8-4-2-1-3-5-8/h1-7H/b7-6+. The van der Waals surface area contributed by atoms with E-state index in [9.17, 15) is 13.2 Å². The molecule has 0 saturated carbocycles. The number of alkyl halides is 3. The summed E-state index contributed by atoms with van der Waals surface area (Å²) in [5.74, 6) is 0.378. The van der Waals surface area contributed by atoms with Gasteiger partial charge in [0.05, 0.1) is 12.3 Å². The molecule has 0 heterocycles. The number of hydrogen-bond acceptors (Lipinski definition) is 1. The number of halogens is 3. The molecule has 0 atom stereocenters. The van der Waals surface area contributed by atoms with Crippen LogP contribution in [0.5, 0.6) is 5.75 Å². The minimum absolute atomic E-state index is 0.0417. The van der Waals surface area contributed by atoms with Crippen molar-refractivity contribution in [3.63, 3.8) is 0 Å². The molecule has 0 saturated heterocycles. The quantitative estimate of drug-likeness (QED) is 0.648. The van der Waals surface area contributed by atoms with Gasteiger partial charge in [0.2, 0.25) is 0 Å². The molecule has 1 nitrogen and oxygen atoms in total. The maximum absolute atomic E-state index is 11.6. The summed E-state index contributed by atoms with van der Waals surface area (Å²) in [7, 11) is 0. The molecule has 0 fully saturated rings. The van der Waals surface area contributed by atoms with Crippen molar-refractivity contribution in [2.45, 2.75) is 6.18 Å². The molecule has 1 aromatic rings. The van der Waals surface area contributed by atoms with Crippen LogP contribution in [0.25, 0.3) is 0 Å². The molecule has 0 aliphatic heterocycles. The molecule has 0 radical (unpaired) electrons. The summed E-state index contributed by atoms with van der Waals surface area (Å²) in [6.45, 7) is 0. The smallest absolute Gasteiger partial charge is 0.412 e. The number of benzene rings is 1. The van der Waals surface area contributed by atoms with Gasteiger partial charge in [-0.05, 0) is 12.1 Å². The number of hydrogen-bond donors (Lipinski definition) is 0. The summed E-state index contributed by atoms with van der Waals surface area (Å²) < 4.78 is 39.5. The Morgan fingerprint density at radius 3 is 2.23 bits per heavy atom. The van der Waals surface area contributed by atoms with E-state index in [1.54, 1.807) is 30.3 Å². The third-order valence-electron chi connectivity index (χ3n) is 1.20. The Balaban J connectivity index is 2.49. The molecule has 0 bridgehead atoms. The number of ether oxygens (including phenoxy) is 1. The van der Waals surface area contributed by atoms with E-state index in [-0.39, 0.29) is 6.08 Å². The first-order valence-corrected chi connectivity index (χ1v) is 3.54. The minimum Gasteiger partial charge on any atom is -0.465 e. The van der Waals surface area contributed by atoms with Gasteiger partial charge in [-0.3, -0.25) is 0 Å². The zero-order valence-corrected chi connectivity index (χ0v) is 6.58. The topological polar surface area (TPSA) is 9.23 Å². The van der Waals surface area contributed by atoms with Gasteiger partial charge < -0.3 is 4.74 Å². The van der Waals surface area contributed by atoms with Crippen LogP contribution in [0.2, 0.25) is 0 Å². The second-order valence-corrected chi connectivity index (χ2v) is 2.28. The predicted octanol–water partition coefficient (Wildman–Crippen LogP) is 3.14. The van der Waals surface area contributed by atoms with E-state index in [2.05, 4.69) is 4.74 Å². The highest BCUT2D eigenvalue weighted by Gasteiger charge is 2.22. The van der Waals surface area contributed by atoms with Crippen LogP contribution in [-0.4, -0.2) is 6.18 Å². The summed E-state index contributed by atoms with van der Waals surface area (Å²) in [6.07, 6.45) is -3.66. The number of para-hydroxylation sites is 1. The monoisotopic (exact) mass is 188 g/mol. The molecule has 0 N–H and O–H groups in total. The summed E-state index contributed by atoms with van der Waals surface area (Å²) in [5.41, 5.74) is 0. The van der Waals surface area contributed by atoms with Gasteiger partial charge in [0.25, 0.3) is 0 Å². The SMILES string of the molecule is FC(F)(F)/C=C/Oc1ccccc1. The highest BCUT2D eigenvalue weighted by molar-refractivity contribution is 5.21. The first-order chi connectivity index (χ1) is 6.08. The zero-order chi connectivity index (χ0) is 9.73. The molecular formula is C9H7F3O. The molecule has 0 amide bonds. The van der Waals surface area contributed by atoms with Crippen LogP contribution in [0.1, 0.15) is 0 Å². The van der Waals surface area contributed by atoms with Crippen molar-refractivity contribution >= 4 is 0 Å². The maximum atomic E-state index is 11.6. The van der Waals surface area contributed by atoms with Gasteiger partial charge in [-0.2, -0.15) is 13.2 Å². The lowest BCUT2D eigenvalue weighted by Gasteiger charge is -2.00. The normalized spacial score (nSPS) is 11.9. The molecule has 13 heavy (non-hydrogen) atoms. The molecule has 0 aromatic heterocycles. The molecule has 0 aliphatic rings. The summed E-state index contributed by atoms with van der Waals surface area (Å²) in [5, 5.41) is 0. The molecular weight excluding hydrogens is 181 g/mol. The second kappa shape index (κ2) is 3.98. The lowest BCUT2D eigenvalue weighted by Crippen LogP contribution is -2.01. The van der Waals surface area contributed by atoms with Crippen LogP contribution in [0.15, 0.2) is 42.7 Å². The van der Waals surface area contributed by atoms with Gasteiger partial charge in [0.15, 0.2) is 0 Å². The van der Waals surface area contributed by atoms with Crippen molar-refractivity contribution in [2.75, 3.05) is 0 Å². The van der Waals surface area contributed by atoms with Gasteiger partial charge in [-0.25, -0.2) is 0 Å². The highest BCUT2D eigenvalue weighted by Crippen LogP contribution is 2.16. The van der Waals surface area contributed by atoms with E-state index in [0.717, 1.165) is 0 Å². The van der Waals surface area contributed by atoms with Crippen LogP contribution in [0.3, 0.4) is 0 Å². The zero-order valence-electron chi connectivity index (χ0n) is 6.58. The second-order valence-electron chi connectivity index (χ2n) is 2.28. The number of allylic oxidation sites excluding steroid dienone is 1. The average molecular weight is 188 g/mol. The van der Waals surface area contributed by atoms with E-state index in [1.807, 2.05) is 0 Å². The van der Waals surface area contributed by atoms with Crippen molar-refractivity contribution in [3.05, 3.63) is 42.7 Å². The summed E-state index contributed by atoms with van der Waals surface area (Å²) in [4.78, 5) is 0. The van der Waals surface area contributed by atoms with Gasteiger partial charge in [0.1, 0.15) is 5.75 Å². The van der Waals surface area contributed by atoms with Crippen molar-refractivity contribution < 1.29 is 17.9 Å². The Bertz CT molecular complexity index is 277. The third kappa shape index (κ3) is 4.20. The van der Waals surface area contributed by atoms with E-state index in [4.69, 9.17) is 0 Å². The van der Waals surface area contributed by atoms with Crippen molar-refractivity contribution in [1.82, 2.24) is 0 Å². The summed E-state index contributed by atoms with van der Waals surface area (Å²) in [6, 6.07) is 8.25. The largest absolute Gasteiger partial charge is 0.465 e. The number of rotatable bonds is 2. The molecule has 1 rings (SSSR count). The minimum atomic E-state index is -4.32. The van der Waals surface area contributed by atoms with Crippen molar-refractivity contribution in [3.8, 4) is 5.75 Å². The molecule has 0 unspecified atom stereocenters. The van der Waals surface area contributed by atoms with E-state index >= 15 is 0 Å². The Kier molecular flexibility index (Phi) is 2.95. The van der Waals surface area contributed by atoms with Crippen molar-refractivity contribution in [1.29, 1.82) is 0 Å². The molecule has 0 spiro atoms. The van der Waals surface area contributed by atoms with Crippen LogP contribution in [0.4, 0.5) is 13.2 Å². The van der Waals surface area contributed by atoms with Crippen LogP contribution < -0.4 is 4.74 Å².